The summed E-state index contributed by atoms with van der Waals surface area (Å²) in [7, 11) is 0. The first-order valence-corrected chi connectivity index (χ1v) is 9.24. The molecule has 2 heteroatoms. The van der Waals surface area contributed by atoms with Gasteiger partial charge >= 0.3 is 0 Å². The van der Waals surface area contributed by atoms with Crippen molar-refractivity contribution in [2.24, 2.45) is 5.92 Å². The highest BCUT2D eigenvalue weighted by molar-refractivity contribution is 8.01. The van der Waals surface area contributed by atoms with Crippen molar-refractivity contribution in [1.82, 2.24) is 0 Å². The molecule has 0 unspecified atom stereocenters. The fourth-order valence-corrected chi connectivity index (χ4v) is 6.95. The zero-order valence-electron chi connectivity index (χ0n) is 10.9. The van der Waals surface area contributed by atoms with Gasteiger partial charge in [0.15, 0.2) is 0 Å². The summed E-state index contributed by atoms with van der Waals surface area (Å²) >= 11 is 4.41. The fourth-order valence-electron chi connectivity index (χ4n) is 3.56. The monoisotopic (exact) mass is 286 g/mol. The van der Waals surface area contributed by atoms with E-state index < -0.39 is 0 Å². The number of thioether (sulfide) groups is 2. The molecule has 98 valence electrons. The lowest BCUT2D eigenvalue weighted by atomic mass is 9.89. The lowest BCUT2D eigenvalue weighted by Gasteiger charge is -2.33. The van der Waals surface area contributed by atoms with Gasteiger partial charge in [-0.15, -0.1) is 0 Å². The van der Waals surface area contributed by atoms with E-state index in [2.05, 4.69) is 66.0 Å². The highest BCUT2D eigenvalue weighted by Gasteiger charge is 2.38. The van der Waals surface area contributed by atoms with Crippen LogP contribution in [0.4, 0.5) is 0 Å². The highest BCUT2D eigenvalue weighted by atomic mass is 32.2. The third-order valence-corrected chi connectivity index (χ3v) is 7.40. The Bertz CT molecular complexity index is 587. The van der Waals surface area contributed by atoms with E-state index in [1.54, 1.807) is 5.56 Å². The minimum Gasteiger partial charge on any atom is -0.158 e. The second kappa shape index (κ2) is 5.06. The van der Waals surface area contributed by atoms with Gasteiger partial charge in [0.1, 0.15) is 0 Å². The third kappa shape index (κ3) is 2.09. The molecule has 0 bridgehead atoms. The Balaban J connectivity index is 1.81. The standard InChI is InChI=1S/C17H18S2/c1-2-6-13-12(4-1)5-3-7-14(13)17-15-8-10-18-16(15)9-11-19-17/h1-7,15-17H,8-11H2/t15-,16-,17-/m0/s1. The molecule has 3 atom stereocenters. The van der Waals surface area contributed by atoms with Gasteiger partial charge in [0.2, 0.25) is 0 Å². The second-order valence-corrected chi connectivity index (χ2v) is 8.11. The van der Waals surface area contributed by atoms with Gasteiger partial charge in [-0.2, -0.15) is 23.5 Å². The minimum absolute atomic E-state index is 0.722. The first-order valence-electron chi connectivity index (χ1n) is 7.14. The van der Waals surface area contributed by atoms with E-state index >= 15 is 0 Å². The average Bonchev–Trinajstić information content (AvgIpc) is 2.95. The Morgan fingerprint density at radius 1 is 0.842 bits per heavy atom. The summed E-state index contributed by atoms with van der Waals surface area (Å²) < 4.78 is 0. The van der Waals surface area contributed by atoms with Crippen molar-refractivity contribution in [3.05, 3.63) is 48.0 Å². The Labute approximate surface area is 123 Å². The van der Waals surface area contributed by atoms with Crippen molar-refractivity contribution in [2.45, 2.75) is 23.3 Å². The molecule has 0 nitrogen and oxygen atoms in total. The number of hydrogen-bond donors (Lipinski definition) is 0. The van der Waals surface area contributed by atoms with Gasteiger partial charge in [0, 0.05) is 10.5 Å². The van der Waals surface area contributed by atoms with E-state index in [9.17, 15) is 0 Å². The molecule has 2 heterocycles. The molecule has 2 aromatic carbocycles. The molecule has 0 aromatic heterocycles. The summed E-state index contributed by atoms with van der Waals surface area (Å²) in [6.07, 6.45) is 2.83. The summed E-state index contributed by atoms with van der Waals surface area (Å²) in [5.74, 6) is 3.61. The molecule has 2 aliphatic rings. The zero-order valence-corrected chi connectivity index (χ0v) is 12.6. The smallest absolute Gasteiger partial charge is 0.0342 e. The van der Waals surface area contributed by atoms with Gasteiger partial charge in [-0.1, -0.05) is 42.5 Å². The lowest BCUT2D eigenvalue weighted by molar-refractivity contribution is 0.482. The van der Waals surface area contributed by atoms with Gasteiger partial charge in [-0.05, 0) is 46.6 Å². The second-order valence-electron chi connectivity index (χ2n) is 5.51. The molecule has 2 fully saturated rings. The average molecular weight is 286 g/mol. The maximum absolute atomic E-state index is 2.37. The molecule has 0 spiro atoms. The van der Waals surface area contributed by atoms with Crippen LogP contribution in [0.2, 0.25) is 0 Å². The van der Waals surface area contributed by atoms with Crippen molar-refractivity contribution in [3.8, 4) is 0 Å². The summed E-state index contributed by atoms with van der Waals surface area (Å²) in [5.41, 5.74) is 1.58. The third-order valence-electron chi connectivity index (χ3n) is 4.48. The maximum atomic E-state index is 2.37. The fraction of sp³-hybridized carbons (Fsp3) is 0.412. The topological polar surface area (TPSA) is 0 Å². The predicted octanol–water partition coefficient (Wildman–Crippen LogP) is 5.14. The molecule has 0 aliphatic carbocycles. The van der Waals surface area contributed by atoms with Gasteiger partial charge < -0.3 is 0 Å². The van der Waals surface area contributed by atoms with E-state index in [4.69, 9.17) is 0 Å². The van der Waals surface area contributed by atoms with Gasteiger partial charge in [-0.25, -0.2) is 0 Å². The molecule has 0 amide bonds. The van der Waals surface area contributed by atoms with Gasteiger partial charge in [0.25, 0.3) is 0 Å². The van der Waals surface area contributed by atoms with E-state index in [1.807, 2.05) is 0 Å². The summed E-state index contributed by atoms with van der Waals surface area (Å²) in [6.45, 7) is 0. The van der Waals surface area contributed by atoms with Crippen LogP contribution in [-0.2, 0) is 0 Å². The van der Waals surface area contributed by atoms with Crippen molar-refractivity contribution in [2.75, 3.05) is 11.5 Å². The van der Waals surface area contributed by atoms with Crippen LogP contribution in [0, 0.1) is 5.92 Å². The molecule has 0 radical (unpaired) electrons. The van der Waals surface area contributed by atoms with Crippen LogP contribution >= 0.6 is 23.5 Å². The predicted molar refractivity (Wildman–Crippen MR) is 88.1 cm³/mol. The van der Waals surface area contributed by atoms with Crippen molar-refractivity contribution >= 4 is 34.3 Å². The normalized spacial score (nSPS) is 30.4. The highest BCUT2D eigenvalue weighted by Crippen LogP contribution is 2.53. The Morgan fingerprint density at radius 2 is 1.68 bits per heavy atom. The summed E-state index contributed by atoms with van der Waals surface area (Å²) in [4.78, 5) is 0. The number of hydrogen-bond acceptors (Lipinski definition) is 2. The van der Waals surface area contributed by atoms with Crippen LogP contribution in [0.3, 0.4) is 0 Å². The Morgan fingerprint density at radius 3 is 2.68 bits per heavy atom. The molecule has 0 N–H and O–H groups in total. The lowest BCUT2D eigenvalue weighted by Crippen LogP contribution is -2.24. The van der Waals surface area contributed by atoms with Gasteiger partial charge in [0.05, 0.1) is 0 Å². The maximum Gasteiger partial charge on any atom is 0.0342 e. The molecular formula is C17H18S2. The molecule has 2 aromatic rings. The molecule has 0 saturated carbocycles. The molecule has 19 heavy (non-hydrogen) atoms. The quantitative estimate of drug-likeness (QED) is 0.712. The van der Waals surface area contributed by atoms with E-state index in [1.165, 1.54) is 35.1 Å². The van der Waals surface area contributed by atoms with Crippen molar-refractivity contribution < 1.29 is 0 Å². The number of rotatable bonds is 1. The number of fused-ring (bicyclic) bond motifs is 2. The zero-order chi connectivity index (χ0) is 12.7. The van der Waals surface area contributed by atoms with E-state index in [0.717, 1.165) is 16.4 Å². The van der Waals surface area contributed by atoms with Crippen LogP contribution in [0.15, 0.2) is 42.5 Å². The van der Waals surface area contributed by atoms with Gasteiger partial charge in [-0.3, -0.25) is 0 Å². The van der Waals surface area contributed by atoms with Crippen molar-refractivity contribution in [3.63, 3.8) is 0 Å². The SMILES string of the molecule is c1ccc2c([C@@H]3SCC[C@@H]4SCC[C@@H]43)cccc2c1. The Hall–Kier alpha value is -0.600. The molecule has 4 rings (SSSR count). The first kappa shape index (κ1) is 12.2. The molecular weight excluding hydrogens is 268 g/mol. The molecule has 2 aliphatic heterocycles. The van der Waals surface area contributed by atoms with Crippen LogP contribution in [0.25, 0.3) is 10.8 Å². The molecule has 2 saturated heterocycles. The summed E-state index contributed by atoms with van der Waals surface area (Å²) in [5, 5.41) is 4.51. The largest absolute Gasteiger partial charge is 0.158 e. The minimum atomic E-state index is 0.722. The number of benzene rings is 2. The van der Waals surface area contributed by atoms with Crippen LogP contribution in [0.5, 0.6) is 0 Å². The van der Waals surface area contributed by atoms with Crippen LogP contribution in [-0.4, -0.2) is 16.8 Å². The van der Waals surface area contributed by atoms with Crippen LogP contribution < -0.4 is 0 Å². The Kier molecular flexibility index (Phi) is 3.24. The van der Waals surface area contributed by atoms with E-state index in [0.29, 0.717) is 0 Å². The van der Waals surface area contributed by atoms with Crippen LogP contribution in [0.1, 0.15) is 23.7 Å². The van der Waals surface area contributed by atoms with E-state index in [-0.39, 0.29) is 0 Å². The first-order chi connectivity index (χ1) is 9.43. The summed E-state index contributed by atoms with van der Waals surface area (Å²) in [6, 6.07) is 15.7. The van der Waals surface area contributed by atoms with Crippen molar-refractivity contribution in [1.29, 1.82) is 0 Å².